The van der Waals surface area contributed by atoms with Crippen LogP contribution in [0.2, 0.25) is 0 Å². The molecule has 32 heavy (non-hydrogen) atoms. The molecule has 2 heteroatoms. The van der Waals surface area contributed by atoms with E-state index in [0.717, 1.165) is 0 Å². The van der Waals surface area contributed by atoms with Crippen molar-refractivity contribution in [2.45, 2.75) is 168 Å². The first-order valence-electron chi connectivity index (χ1n) is 15.1. The molecular formula is C30H62S2. The van der Waals surface area contributed by atoms with Gasteiger partial charge in [0.15, 0.2) is 0 Å². The van der Waals surface area contributed by atoms with Crippen LogP contribution >= 0.6 is 23.5 Å². The van der Waals surface area contributed by atoms with Gasteiger partial charge in [-0.3, -0.25) is 0 Å². The predicted molar refractivity (Wildman–Crippen MR) is 157 cm³/mol. The van der Waals surface area contributed by atoms with E-state index < -0.39 is 0 Å². The highest BCUT2D eigenvalue weighted by molar-refractivity contribution is 7.99. The summed E-state index contributed by atoms with van der Waals surface area (Å²) in [6.45, 7) is 4.61. The van der Waals surface area contributed by atoms with Gasteiger partial charge in [-0.2, -0.15) is 23.5 Å². The average Bonchev–Trinajstić information content (AvgIpc) is 2.81. The zero-order chi connectivity index (χ0) is 23.2. The normalized spacial score (nSPS) is 11.4. The Kier molecular flexibility index (Phi) is 32.4. The van der Waals surface area contributed by atoms with Gasteiger partial charge in [0.25, 0.3) is 0 Å². The van der Waals surface area contributed by atoms with Crippen molar-refractivity contribution >= 4 is 23.5 Å². The maximum absolute atomic E-state index is 2.30. The Labute approximate surface area is 214 Å². The number of thioether (sulfide) groups is 2. The summed E-state index contributed by atoms with van der Waals surface area (Å²) in [6.07, 6.45) is 35.0. The lowest BCUT2D eigenvalue weighted by Crippen LogP contribution is -1.88. The standard InChI is InChI=1S/C30H62S2/c1-3-5-7-9-11-13-15-19-23-27-31-29-25-21-17-18-22-26-30-32-28-24-20-16-14-12-10-8-6-4-2/h3-30H2,1-2H3. The molecule has 0 N–H and O–H groups in total. The molecule has 0 fully saturated rings. The highest BCUT2D eigenvalue weighted by Gasteiger charge is 1.96. The summed E-state index contributed by atoms with van der Waals surface area (Å²) in [4.78, 5) is 0. The Bertz CT molecular complexity index is 275. The van der Waals surface area contributed by atoms with E-state index in [2.05, 4.69) is 37.4 Å². The first kappa shape index (κ1) is 32.7. The predicted octanol–water partition coefficient (Wildman–Crippen LogP) is 11.9. The van der Waals surface area contributed by atoms with Crippen LogP contribution in [0.1, 0.15) is 168 Å². The Balaban J connectivity index is 2.98. The van der Waals surface area contributed by atoms with Gasteiger partial charge in [-0.15, -0.1) is 0 Å². The summed E-state index contributed by atoms with van der Waals surface area (Å²) in [5, 5.41) is 0. The molecule has 0 aromatic rings. The lowest BCUT2D eigenvalue weighted by Gasteiger charge is -2.04. The van der Waals surface area contributed by atoms with Crippen molar-refractivity contribution in [3.05, 3.63) is 0 Å². The van der Waals surface area contributed by atoms with Crippen molar-refractivity contribution in [1.82, 2.24) is 0 Å². The second-order valence-electron chi connectivity index (χ2n) is 10.0. The van der Waals surface area contributed by atoms with E-state index in [-0.39, 0.29) is 0 Å². The SMILES string of the molecule is CCCCCCCCCCCSCCCCCCCCSCCCCCCCCCCC. The summed E-state index contributed by atoms with van der Waals surface area (Å²) in [7, 11) is 0. The zero-order valence-corrected chi connectivity index (χ0v) is 24.2. The second-order valence-corrected chi connectivity index (χ2v) is 12.5. The Morgan fingerprint density at radius 2 is 0.438 bits per heavy atom. The van der Waals surface area contributed by atoms with Crippen molar-refractivity contribution in [1.29, 1.82) is 0 Å². The molecule has 0 amide bonds. The van der Waals surface area contributed by atoms with Crippen LogP contribution in [0.25, 0.3) is 0 Å². The first-order chi connectivity index (χ1) is 15.9. The minimum Gasteiger partial charge on any atom is -0.162 e. The molecule has 0 aliphatic rings. The van der Waals surface area contributed by atoms with Gasteiger partial charge in [0.1, 0.15) is 0 Å². The molecule has 0 radical (unpaired) electrons. The second kappa shape index (κ2) is 31.7. The van der Waals surface area contributed by atoms with Crippen LogP contribution in [0.3, 0.4) is 0 Å². The van der Waals surface area contributed by atoms with Crippen LogP contribution in [0, 0.1) is 0 Å². The van der Waals surface area contributed by atoms with E-state index >= 15 is 0 Å². The molecule has 0 rings (SSSR count). The van der Waals surface area contributed by atoms with Crippen LogP contribution in [-0.4, -0.2) is 23.0 Å². The Morgan fingerprint density at radius 1 is 0.250 bits per heavy atom. The number of unbranched alkanes of at least 4 members (excludes halogenated alkanes) is 21. The fraction of sp³-hybridized carbons (Fsp3) is 1.00. The molecule has 0 saturated heterocycles. The smallest absolute Gasteiger partial charge is 0.00675 e. The number of rotatable bonds is 29. The highest BCUT2D eigenvalue weighted by Crippen LogP contribution is 2.16. The van der Waals surface area contributed by atoms with E-state index in [9.17, 15) is 0 Å². The zero-order valence-electron chi connectivity index (χ0n) is 22.6. The van der Waals surface area contributed by atoms with Gasteiger partial charge >= 0.3 is 0 Å². The maximum Gasteiger partial charge on any atom is -0.00675 e. The van der Waals surface area contributed by atoms with Crippen molar-refractivity contribution < 1.29 is 0 Å². The highest BCUT2D eigenvalue weighted by atomic mass is 32.2. The van der Waals surface area contributed by atoms with Crippen LogP contribution in [0.15, 0.2) is 0 Å². The molecule has 0 aromatic heterocycles. The van der Waals surface area contributed by atoms with E-state index in [1.165, 1.54) is 177 Å². The van der Waals surface area contributed by atoms with Gasteiger partial charge in [-0.1, -0.05) is 142 Å². The fourth-order valence-corrected chi connectivity index (χ4v) is 6.39. The van der Waals surface area contributed by atoms with Crippen LogP contribution < -0.4 is 0 Å². The Hall–Kier alpha value is 0.700. The van der Waals surface area contributed by atoms with E-state index in [4.69, 9.17) is 0 Å². The van der Waals surface area contributed by atoms with Gasteiger partial charge in [0.05, 0.1) is 0 Å². The summed E-state index contributed by atoms with van der Waals surface area (Å²) < 4.78 is 0. The molecular weight excluding hydrogens is 424 g/mol. The summed E-state index contributed by atoms with van der Waals surface area (Å²) in [5.41, 5.74) is 0. The molecule has 0 heterocycles. The van der Waals surface area contributed by atoms with Gasteiger partial charge in [-0.25, -0.2) is 0 Å². The fourth-order valence-electron chi connectivity index (χ4n) is 4.35. The monoisotopic (exact) mass is 486 g/mol. The largest absolute Gasteiger partial charge is 0.162 e. The van der Waals surface area contributed by atoms with Crippen LogP contribution in [0.4, 0.5) is 0 Å². The van der Waals surface area contributed by atoms with Gasteiger partial charge in [0, 0.05) is 0 Å². The number of hydrogen-bond donors (Lipinski definition) is 0. The summed E-state index contributed by atoms with van der Waals surface area (Å²) >= 11 is 4.43. The van der Waals surface area contributed by atoms with E-state index in [1.54, 1.807) is 0 Å². The summed E-state index contributed by atoms with van der Waals surface area (Å²) in [6, 6.07) is 0. The quantitative estimate of drug-likeness (QED) is 0.0964. The minimum atomic E-state index is 1.37. The lowest BCUT2D eigenvalue weighted by molar-refractivity contribution is 0.573. The summed E-state index contributed by atoms with van der Waals surface area (Å²) in [5.74, 6) is 5.63. The first-order valence-corrected chi connectivity index (χ1v) is 17.4. The van der Waals surface area contributed by atoms with Crippen molar-refractivity contribution in [3.8, 4) is 0 Å². The molecule has 0 nitrogen and oxygen atoms in total. The average molecular weight is 487 g/mol. The topological polar surface area (TPSA) is 0 Å². The molecule has 194 valence electrons. The van der Waals surface area contributed by atoms with Gasteiger partial charge < -0.3 is 0 Å². The van der Waals surface area contributed by atoms with E-state index in [0.29, 0.717) is 0 Å². The van der Waals surface area contributed by atoms with Crippen LogP contribution in [-0.2, 0) is 0 Å². The lowest BCUT2D eigenvalue weighted by atomic mass is 10.1. The van der Waals surface area contributed by atoms with Crippen molar-refractivity contribution in [2.24, 2.45) is 0 Å². The molecule has 0 bridgehead atoms. The van der Waals surface area contributed by atoms with Gasteiger partial charge in [0.2, 0.25) is 0 Å². The molecule has 0 aromatic carbocycles. The third-order valence-electron chi connectivity index (χ3n) is 6.61. The van der Waals surface area contributed by atoms with Crippen molar-refractivity contribution in [2.75, 3.05) is 23.0 Å². The van der Waals surface area contributed by atoms with Crippen LogP contribution in [0.5, 0.6) is 0 Å². The minimum absolute atomic E-state index is 1.37. The van der Waals surface area contributed by atoms with E-state index in [1.807, 2.05) is 0 Å². The molecule has 0 aliphatic heterocycles. The molecule has 0 spiro atoms. The third-order valence-corrected chi connectivity index (χ3v) is 8.92. The molecule has 0 unspecified atom stereocenters. The van der Waals surface area contributed by atoms with Crippen molar-refractivity contribution in [3.63, 3.8) is 0 Å². The van der Waals surface area contributed by atoms with Gasteiger partial charge in [-0.05, 0) is 48.7 Å². The molecule has 0 aliphatic carbocycles. The molecule has 0 atom stereocenters. The molecule has 0 saturated carbocycles. The number of hydrogen-bond acceptors (Lipinski definition) is 2. The Morgan fingerprint density at radius 3 is 0.656 bits per heavy atom. The third kappa shape index (κ3) is 30.7. The maximum atomic E-state index is 2.30.